The number of hydrogen-bond donors (Lipinski definition) is 2. The fraction of sp³-hybridized carbons (Fsp3) is 0.556. The minimum Gasteiger partial charge on any atom is -0.481 e. The molecule has 0 heterocycles. The third-order valence-electron chi connectivity index (χ3n) is 2.30. The number of hydrogen-bond acceptors (Lipinski definition) is 2. The number of allylic oxidation sites excluding steroid dienone is 1. The lowest BCUT2D eigenvalue weighted by atomic mass is 9.86. The van der Waals surface area contributed by atoms with Crippen molar-refractivity contribution in [2.45, 2.75) is 25.7 Å². The molecule has 0 aromatic carbocycles. The molecule has 72 valence electrons. The van der Waals surface area contributed by atoms with Gasteiger partial charge < -0.3 is 10.2 Å². The van der Waals surface area contributed by atoms with Crippen LogP contribution in [-0.2, 0) is 9.59 Å². The minimum absolute atomic E-state index is 0.286. The van der Waals surface area contributed by atoms with Gasteiger partial charge in [0.2, 0.25) is 0 Å². The van der Waals surface area contributed by atoms with Crippen molar-refractivity contribution in [2.75, 3.05) is 0 Å². The predicted molar refractivity (Wildman–Crippen MR) is 45.3 cm³/mol. The Bertz CT molecular complexity index is 244. The fourth-order valence-corrected chi connectivity index (χ4v) is 1.55. The molecule has 2 N–H and O–H groups in total. The van der Waals surface area contributed by atoms with Gasteiger partial charge in [0, 0.05) is 6.08 Å². The van der Waals surface area contributed by atoms with Crippen molar-refractivity contribution in [1.82, 2.24) is 0 Å². The van der Waals surface area contributed by atoms with E-state index in [9.17, 15) is 9.59 Å². The second-order valence-corrected chi connectivity index (χ2v) is 3.25. The maximum absolute atomic E-state index is 10.5. The summed E-state index contributed by atoms with van der Waals surface area (Å²) in [7, 11) is 0. The summed E-state index contributed by atoms with van der Waals surface area (Å²) in [4.78, 5) is 20.8. The van der Waals surface area contributed by atoms with Crippen LogP contribution in [0.5, 0.6) is 0 Å². The summed E-state index contributed by atoms with van der Waals surface area (Å²) in [6.45, 7) is 0. The van der Waals surface area contributed by atoms with Crippen LogP contribution >= 0.6 is 0 Å². The Kier molecular flexibility index (Phi) is 3.06. The molecule has 0 amide bonds. The van der Waals surface area contributed by atoms with Gasteiger partial charge in [-0.2, -0.15) is 0 Å². The van der Waals surface area contributed by atoms with Crippen molar-refractivity contribution in [2.24, 2.45) is 5.92 Å². The summed E-state index contributed by atoms with van der Waals surface area (Å²) in [6.07, 6.45) is 3.52. The highest BCUT2D eigenvalue weighted by molar-refractivity contribution is 5.80. The van der Waals surface area contributed by atoms with Crippen LogP contribution in [0.15, 0.2) is 11.6 Å². The highest BCUT2D eigenvalue weighted by Crippen LogP contribution is 2.27. The van der Waals surface area contributed by atoms with Gasteiger partial charge in [0.15, 0.2) is 0 Å². The van der Waals surface area contributed by atoms with E-state index in [0.717, 1.165) is 5.57 Å². The van der Waals surface area contributed by atoms with Crippen molar-refractivity contribution in [1.29, 1.82) is 0 Å². The number of carboxylic acid groups (broad SMARTS) is 2. The molecule has 1 saturated carbocycles. The van der Waals surface area contributed by atoms with E-state index in [1.807, 2.05) is 0 Å². The molecule has 1 aliphatic carbocycles. The molecule has 1 fully saturated rings. The Labute approximate surface area is 75.9 Å². The first-order valence-electron chi connectivity index (χ1n) is 4.25. The average molecular weight is 184 g/mol. The molecular formula is C9H12O4. The van der Waals surface area contributed by atoms with Crippen LogP contribution in [-0.4, -0.2) is 22.2 Å². The summed E-state index contributed by atoms with van der Waals surface area (Å²) < 4.78 is 0. The fourth-order valence-electron chi connectivity index (χ4n) is 1.55. The van der Waals surface area contributed by atoms with E-state index >= 15 is 0 Å². The summed E-state index contributed by atoms with van der Waals surface area (Å²) in [5.74, 6) is -2.00. The number of carboxylic acids is 2. The van der Waals surface area contributed by atoms with E-state index in [-0.39, 0.29) is 5.92 Å². The van der Waals surface area contributed by atoms with E-state index in [0.29, 0.717) is 25.7 Å². The quantitative estimate of drug-likeness (QED) is 0.634. The SMILES string of the molecule is O=C(O)C=C1CCC(C(=O)O)CC1. The number of carbonyl (C=O) groups is 2. The highest BCUT2D eigenvalue weighted by atomic mass is 16.4. The standard InChI is InChI=1S/C9H12O4/c10-8(11)5-6-1-3-7(4-2-6)9(12)13/h5,7H,1-4H2,(H,10,11)(H,12,13). The van der Waals surface area contributed by atoms with Gasteiger partial charge in [-0.25, -0.2) is 4.79 Å². The van der Waals surface area contributed by atoms with Gasteiger partial charge in [0.25, 0.3) is 0 Å². The van der Waals surface area contributed by atoms with Gasteiger partial charge in [-0.05, 0) is 25.7 Å². The molecule has 1 rings (SSSR count). The zero-order chi connectivity index (χ0) is 9.84. The van der Waals surface area contributed by atoms with Gasteiger partial charge in [-0.3, -0.25) is 4.79 Å². The van der Waals surface area contributed by atoms with Gasteiger partial charge in [0.05, 0.1) is 5.92 Å². The summed E-state index contributed by atoms with van der Waals surface area (Å²) in [6, 6.07) is 0. The van der Waals surface area contributed by atoms with Crippen molar-refractivity contribution in [3.05, 3.63) is 11.6 Å². The highest BCUT2D eigenvalue weighted by Gasteiger charge is 2.22. The van der Waals surface area contributed by atoms with Crippen molar-refractivity contribution in [3.63, 3.8) is 0 Å². The van der Waals surface area contributed by atoms with Crippen molar-refractivity contribution < 1.29 is 19.8 Å². The Balaban J connectivity index is 2.48. The Morgan fingerprint density at radius 2 is 1.77 bits per heavy atom. The predicted octanol–water partition coefficient (Wildman–Crippen LogP) is 1.27. The number of aliphatic carboxylic acids is 2. The van der Waals surface area contributed by atoms with Crippen LogP contribution in [0.25, 0.3) is 0 Å². The molecule has 4 heteroatoms. The first-order chi connectivity index (χ1) is 6.09. The van der Waals surface area contributed by atoms with Crippen molar-refractivity contribution >= 4 is 11.9 Å². The summed E-state index contributed by atoms with van der Waals surface area (Å²) >= 11 is 0. The largest absolute Gasteiger partial charge is 0.481 e. The van der Waals surface area contributed by atoms with Gasteiger partial charge in [-0.15, -0.1) is 0 Å². The molecule has 0 aliphatic heterocycles. The normalized spacial score (nSPS) is 22.5. The first kappa shape index (κ1) is 9.77. The van der Waals surface area contributed by atoms with E-state index in [4.69, 9.17) is 10.2 Å². The van der Waals surface area contributed by atoms with E-state index in [1.165, 1.54) is 6.08 Å². The smallest absolute Gasteiger partial charge is 0.328 e. The Hall–Kier alpha value is -1.32. The topological polar surface area (TPSA) is 74.6 Å². The van der Waals surface area contributed by atoms with Crippen LogP contribution in [0.2, 0.25) is 0 Å². The Morgan fingerprint density at radius 1 is 1.23 bits per heavy atom. The lowest BCUT2D eigenvalue weighted by molar-refractivity contribution is -0.142. The zero-order valence-electron chi connectivity index (χ0n) is 7.19. The van der Waals surface area contributed by atoms with Gasteiger partial charge in [-0.1, -0.05) is 5.57 Å². The van der Waals surface area contributed by atoms with Gasteiger partial charge in [0.1, 0.15) is 0 Å². The number of rotatable bonds is 2. The van der Waals surface area contributed by atoms with Gasteiger partial charge >= 0.3 is 11.9 Å². The molecule has 0 unspecified atom stereocenters. The monoisotopic (exact) mass is 184 g/mol. The second kappa shape index (κ2) is 4.07. The van der Waals surface area contributed by atoms with E-state index in [2.05, 4.69) is 0 Å². The second-order valence-electron chi connectivity index (χ2n) is 3.25. The van der Waals surface area contributed by atoms with Crippen LogP contribution < -0.4 is 0 Å². The molecule has 0 saturated heterocycles. The van der Waals surface area contributed by atoms with Crippen LogP contribution in [0, 0.1) is 5.92 Å². The van der Waals surface area contributed by atoms with Crippen LogP contribution in [0.3, 0.4) is 0 Å². The average Bonchev–Trinajstić information content (AvgIpc) is 2.04. The molecule has 0 aromatic rings. The lowest BCUT2D eigenvalue weighted by Crippen LogP contribution is -2.17. The third kappa shape index (κ3) is 2.89. The molecule has 0 atom stereocenters. The van der Waals surface area contributed by atoms with Crippen molar-refractivity contribution in [3.8, 4) is 0 Å². The zero-order valence-corrected chi connectivity index (χ0v) is 7.19. The van der Waals surface area contributed by atoms with Crippen LogP contribution in [0.4, 0.5) is 0 Å². The lowest BCUT2D eigenvalue weighted by Gasteiger charge is -2.19. The molecule has 4 nitrogen and oxygen atoms in total. The summed E-state index contributed by atoms with van der Waals surface area (Å²) in [5, 5.41) is 17.1. The van der Waals surface area contributed by atoms with E-state index in [1.54, 1.807) is 0 Å². The molecule has 1 aliphatic rings. The molecule has 13 heavy (non-hydrogen) atoms. The maximum atomic E-state index is 10.5. The minimum atomic E-state index is -0.941. The summed E-state index contributed by atoms with van der Waals surface area (Å²) in [5.41, 5.74) is 0.852. The molecule has 0 bridgehead atoms. The molecule has 0 spiro atoms. The molecular weight excluding hydrogens is 172 g/mol. The molecule has 0 aromatic heterocycles. The maximum Gasteiger partial charge on any atom is 0.328 e. The first-order valence-corrected chi connectivity index (χ1v) is 4.25. The van der Waals surface area contributed by atoms with E-state index < -0.39 is 11.9 Å². The van der Waals surface area contributed by atoms with Crippen LogP contribution in [0.1, 0.15) is 25.7 Å². The molecule has 0 radical (unpaired) electrons. The third-order valence-corrected chi connectivity index (χ3v) is 2.30. The Morgan fingerprint density at radius 3 is 2.15 bits per heavy atom.